The number of halogens is 1. The van der Waals surface area contributed by atoms with Crippen LogP contribution in [0.1, 0.15) is 12.0 Å². The molecule has 0 aliphatic carbocycles. The number of aryl methyl sites for hydroxylation is 1. The standard InChI is InChI=1S/C18H17ClN2O2/c1-12-6-8-14(9-7-12)20-18(23)13-10-17(22)21(11-13)16-5-3-2-4-15(16)19/h2-9,13H,10-11H2,1H3,(H,20,23)/t13-/m1/s1. The molecule has 0 radical (unpaired) electrons. The van der Waals surface area contributed by atoms with Crippen molar-refractivity contribution in [2.45, 2.75) is 13.3 Å². The number of amides is 2. The molecule has 1 aliphatic rings. The van der Waals surface area contributed by atoms with Crippen molar-refractivity contribution in [2.75, 3.05) is 16.8 Å². The molecule has 1 N–H and O–H groups in total. The molecule has 2 amide bonds. The zero-order valence-corrected chi connectivity index (χ0v) is 13.5. The lowest BCUT2D eigenvalue weighted by Crippen LogP contribution is -2.28. The minimum Gasteiger partial charge on any atom is -0.326 e. The van der Waals surface area contributed by atoms with Crippen molar-refractivity contribution in [3.8, 4) is 0 Å². The van der Waals surface area contributed by atoms with E-state index in [1.54, 1.807) is 17.0 Å². The first-order valence-electron chi connectivity index (χ1n) is 7.47. The van der Waals surface area contributed by atoms with Gasteiger partial charge in [-0.25, -0.2) is 0 Å². The average molecular weight is 329 g/mol. The van der Waals surface area contributed by atoms with Gasteiger partial charge in [0.05, 0.1) is 16.6 Å². The summed E-state index contributed by atoms with van der Waals surface area (Å²) in [5.74, 6) is -0.598. The van der Waals surface area contributed by atoms with Crippen molar-refractivity contribution in [3.63, 3.8) is 0 Å². The molecule has 0 spiro atoms. The Kier molecular flexibility index (Phi) is 4.35. The topological polar surface area (TPSA) is 49.4 Å². The number of nitrogens with zero attached hydrogens (tertiary/aromatic N) is 1. The summed E-state index contributed by atoms with van der Waals surface area (Å²) < 4.78 is 0. The summed E-state index contributed by atoms with van der Waals surface area (Å²) in [4.78, 5) is 26.2. The smallest absolute Gasteiger partial charge is 0.229 e. The van der Waals surface area contributed by atoms with E-state index in [0.29, 0.717) is 17.3 Å². The molecule has 23 heavy (non-hydrogen) atoms. The third kappa shape index (κ3) is 3.37. The molecule has 1 heterocycles. The minimum atomic E-state index is -0.375. The van der Waals surface area contributed by atoms with Crippen molar-refractivity contribution in [2.24, 2.45) is 5.92 Å². The van der Waals surface area contributed by atoms with Crippen LogP contribution in [-0.2, 0) is 9.59 Å². The van der Waals surface area contributed by atoms with Crippen LogP contribution >= 0.6 is 11.6 Å². The summed E-state index contributed by atoms with van der Waals surface area (Å²) in [7, 11) is 0. The van der Waals surface area contributed by atoms with Crippen LogP contribution in [0.25, 0.3) is 0 Å². The summed E-state index contributed by atoms with van der Waals surface area (Å²) in [6.07, 6.45) is 0.197. The Hall–Kier alpha value is -2.33. The average Bonchev–Trinajstić information content (AvgIpc) is 2.92. The van der Waals surface area contributed by atoms with Crippen LogP contribution in [0.4, 0.5) is 11.4 Å². The fraction of sp³-hybridized carbons (Fsp3) is 0.222. The SMILES string of the molecule is Cc1ccc(NC(=O)[C@@H]2CC(=O)N(c3ccccc3Cl)C2)cc1. The molecule has 1 fully saturated rings. The van der Waals surface area contributed by atoms with E-state index in [0.717, 1.165) is 11.3 Å². The number of anilines is 2. The highest BCUT2D eigenvalue weighted by molar-refractivity contribution is 6.33. The highest BCUT2D eigenvalue weighted by Crippen LogP contribution is 2.31. The van der Waals surface area contributed by atoms with Gasteiger partial charge >= 0.3 is 0 Å². The lowest BCUT2D eigenvalue weighted by atomic mass is 10.1. The van der Waals surface area contributed by atoms with Crippen LogP contribution < -0.4 is 10.2 Å². The molecule has 1 atom stereocenters. The van der Waals surface area contributed by atoms with Gasteiger partial charge in [0.1, 0.15) is 0 Å². The number of carbonyl (C=O) groups is 2. The van der Waals surface area contributed by atoms with Gasteiger partial charge in [0.2, 0.25) is 11.8 Å². The second kappa shape index (κ2) is 6.42. The van der Waals surface area contributed by atoms with Gasteiger partial charge in [-0.1, -0.05) is 41.4 Å². The monoisotopic (exact) mass is 328 g/mol. The van der Waals surface area contributed by atoms with Gasteiger partial charge in [-0.15, -0.1) is 0 Å². The fourth-order valence-electron chi connectivity index (χ4n) is 2.67. The highest BCUT2D eigenvalue weighted by Gasteiger charge is 2.35. The lowest BCUT2D eigenvalue weighted by molar-refractivity contribution is -0.122. The van der Waals surface area contributed by atoms with Gasteiger partial charge in [0, 0.05) is 18.7 Å². The first-order valence-corrected chi connectivity index (χ1v) is 7.85. The van der Waals surface area contributed by atoms with Crippen molar-refractivity contribution < 1.29 is 9.59 Å². The second-order valence-corrected chi connectivity index (χ2v) is 6.12. The second-order valence-electron chi connectivity index (χ2n) is 5.71. The van der Waals surface area contributed by atoms with Gasteiger partial charge < -0.3 is 10.2 Å². The molecule has 0 bridgehead atoms. The van der Waals surface area contributed by atoms with E-state index in [1.165, 1.54) is 0 Å². The highest BCUT2D eigenvalue weighted by atomic mass is 35.5. The largest absolute Gasteiger partial charge is 0.326 e. The third-order valence-electron chi connectivity index (χ3n) is 3.96. The first-order chi connectivity index (χ1) is 11.0. The quantitative estimate of drug-likeness (QED) is 0.935. The van der Waals surface area contributed by atoms with E-state index < -0.39 is 0 Å². The number of rotatable bonds is 3. The molecule has 2 aromatic carbocycles. The summed E-state index contributed by atoms with van der Waals surface area (Å²) in [5.41, 5.74) is 2.53. The molecule has 0 unspecified atom stereocenters. The normalized spacial score (nSPS) is 17.4. The molecular weight excluding hydrogens is 312 g/mol. The summed E-state index contributed by atoms with van der Waals surface area (Å²) in [5, 5.41) is 3.38. The molecule has 1 saturated heterocycles. The Bertz CT molecular complexity index is 743. The van der Waals surface area contributed by atoms with E-state index >= 15 is 0 Å². The maximum absolute atomic E-state index is 12.4. The Morgan fingerprint density at radius 1 is 1.17 bits per heavy atom. The van der Waals surface area contributed by atoms with Crippen molar-refractivity contribution >= 4 is 34.8 Å². The van der Waals surface area contributed by atoms with Crippen LogP contribution in [-0.4, -0.2) is 18.4 Å². The van der Waals surface area contributed by atoms with Crippen LogP contribution in [0.5, 0.6) is 0 Å². The van der Waals surface area contributed by atoms with Gasteiger partial charge in [-0.3, -0.25) is 9.59 Å². The molecule has 1 aliphatic heterocycles. The molecule has 2 aromatic rings. The Labute approximate surface area is 140 Å². The maximum atomic E-state index is 12.4. The molecule has 118 valence electrons. The summed E-state index contributed by atoms with van der Waals surface area (Å²) in [6, 6.07) is 14.8. The lowest BCUT2D eigenvalue weighted by Gasteiger charge is -2.18. The Morgan fingerprint density at radius 3 is 2.57 bits per heavy atom. The summed E-state index contributed by atoms with van der Waals surface area (Å²) >= 11 is 6.15. The Balaban J connectivity index is 1.71. The van der Waals surface area contributed by atoms with E-state index in [-0.39, 0.29) is 24.2 Å². The predicted molar refractivity (Wildman–Crippen MR) is 91.7 cm³/mol. The number of hydrogen-bond acceptors (Lipinski definition) is 2. The number of carbonyl (C=O) groups excluding carboxylic acids is 2. The van der Waals surface area contributed by atoms with Crippen LogP contribution in [0.15, 0.2) is 48.5 Å². The van der Waals surface area contributed by atoms with Crippen molar-refractivity contribution in [1.29, 1.82) is 0 Å². The minimum absolute atomic E-state index is 0.0813. The van der Waals surface area contributed by atoms with Crippen molar-refractivity contribution in [3.05, 3.63) is 59.1 Å². The van der Waals surface area contributed by atoms with Crippen molar-refractivity contribution in [1.82, 2.24) is 0 Å². The van der Waals surface area contributed by atoms with Crippen LogP contribution in [0, 0.1) is 12.8 Å². The molecule has 0 aromatic heterocycles. The van der Waals surface area contributed by atoms with E-state index in [2.05, 4.69) is 5.32 Å². The number of hydrogen-bond donors (Lipinski definition) is 1. The molecular formula is C18H17ClN2O2. The fourth-order valence-corrected chi connectivity index (χ4v) is 2.91. The number of nitrogens with one attached hydrogen (secondary N) is 1. The van der Waals surface area contributed by atoms with Gasteiger partial charge in [-0.05, 0) is 31.2 Å². The third-order valence-corrected chi connectivity index (χ3v) is 4.28. The molecule has 0 saturated carbocycles. The van der Waals surface area contributed by atoms with Gasteiger partial charge in [-0.2, -0.15) is 0 Å². The number of benzene rings is 2. The van der Waals surface area contributed by atoms with Gasteiger partial charge in [0.15, 0.2) is 0 Å². The Morgan fingerprint density at radius 2 is 1.87 bits per heavy atom. The van der Waals surface area contributed by atoms with Crippen LogP contribution in [0.3, 0.4) is 0 Å². The first kappa shape index (κ1) is 15.6. The maximum Gasteiger partial charge on any atom is 0.229 e. The predicted octanol–water partition coefficient (Wildman–Crippen LogP) is 3.64. The molecule has 3 rings (SSSR count). The molecule has 4 nitrogen and oxygen atoms in total. The van der Waals surface area contributed by atoms with E-state index in [4.69, 9.17) is 11.6 Å². The van der Waals surface area contributed by atoms with E-state index in [1.807, 2.05) is 43.3 Å². The zero-order valence-electron chi connectivity index (χ0n) is 12.8. The zero-order chi connectivity index (χ0) is 16.4. The van der Waals surface area contributed by atoms with Crippen LogP contribution in [0.2, 0.25) is 5.02 Å². The summed E-state index contributed by atoms with van der Waals surface area (Å²) in [6.45, 7) is 2.34. The molecule has 5 heteroatoms. The number of para-hydroxylation sites is 1. The van der Waals surface area contributed by atoms with Gasteiger partial charge in [0.25, 0.3) is 0 Å². The van der Waals surface area contributed by atoms with E-state index in [9.17, 15) is 9.59 Å².